The van der Waals surface area contributed by atoms with Gasteiger partial charge in [0.2, 0.25) is 0 Å². The Bertz CT molecular complexity index is 374. The van der Waals surface area contributed by atoms with Crippen LogP contribution < -0.4 is 23.6 Å². The SMILES string of the molecule is O=COc1ccc2occcc1-2.[H-].[Li+]. The van der Waals surface area contributed by atoms with Gasteiger partial charge in [-0.3, -0.25) is 4.79 Å². The molecule has 1 heterocycles. The maximum atomic E-state index is 10.1. The zero-order valence-electron chi connectivity index (χ0n) is 8.19. The Hall–Kier alpha value is -1.17. The summed E-state index contributed by atoms with van der Waals surface area (Å²) in [5.41, 5.74) is 0.810. The Labute approximate surface area is 88.7 Å². The molecule has 0 spiro atoms. The van der Waals surface area contributed by atoms with Gasteiger partial charge in [0.25, 0.3) is 6.47 Å². The van der Waals surface area contributed by atoms with Crippen molar-refractivity contribution >= 4 is 6.47 Å². The molecule has 0 N–H and O–H groups in total. The van der Waals surface area contributed by atoms with Crippen LogP contribution in [0.5, 0.6) is 5.75 Å². The zero-order valence-corrected chi connectivity index (χ0v) is 7.19. The van der Waals surface area contributed by atoms with Crippen LogP contribution in [0.4, 0.5) is 0 Å². The van der Waals surface area contributed by atoms with Crippen molar-refractivity contribution in [1.82, 2.24) is 0 Å². The maximum absolute atomic E-state index is 10.1. The summed E-state index contributed by atoms with van der Waals surface area (Å²) < 4.78 is 9.86. The van der Waals surface area contributed by atoms with Gasteiger partial charge in [0.05, 0.1) is 11.8 Å². The number of carbonyl (C=O) groups excluding carboxylic acids is 1. The molecular formula is C9H7LiO3. The third-order valence-corrected chi connectivity index (χ3v) is 1.63. The molecule has 4 heteroatoms. The standard InChI is InChI=1S/C9H6O3.Li.H/c10-6-12-9-4-3-8-7(9)2-1-5-11-8;;/h1-6H;;/q;+1;-1. The van der Waals surface area contributed by atoms with E-state index in [0.29, 0.717) is 18.0 Å². The van der Waals surface area contributed by atoms with E-state index >= 15 is 0 Å². The van der Waals surface area contributed by atoms with E-state index in [9.17, 15) is 4.79 Å². The molecule has 0 unspecified atom stereocenters. The van der Waals surface area contributed by atoms with Gasteiger partial charge in [-0.2, -0.15) is 0 Å². The van der Waals surface area contributed by atoms with Crippen LogP contribution in [0.25, 0.3) is 11.3 Å². The number of fused-ring (bicyclic) bond motifs is 1. The smallest absolute Gasteiger partial charge is 1.00 e. The maximum Gasteiger partial charge on any atom is 1.00 e. The molecular weight excluding hydrogens is 163 g/mol. The second-order valence-corrected chi connectivity index (χ2v) is 2.30. The Morgan fingerprint density at radius 2 is 2.23 bits per heavy atom. The summed E-state index contributed by atoms with van der Waals surface area (Å²) in [7, 11) is 0. The van der Waals surface area contributed by atoms with E-state index in [1.54, 1.807) is 24.5 Å². The van der Waals surface area contributed by atoms with E-state index < -0.39 is 0 Å². The van der Waals surface area contributed by atoms with Crippen LogP contribution in [-0.4, -0.2) is 6.47 Å². The molecule has 0 aromatic heterocycles. The van der Waals surface area contributed by atoms with Gasteiger partial charge in [-0.1, -0.05) is 0 Å². The molecule has 0 atom stereocenters. The first-order valence-corrected chi connectivity index (χ1v) is 3.48. The Balaban J connectivity index is 0.000000845. The molecule has 0 fully saturated rings. The molecule has 0 amide bonds. The minimum absolute atomic E-state index is 0. The van der Waals surface area contributed by atoms with Crippen LogP contribution in [0.1, 0.15) is 1.43 Å². The Kier molecular flexibility index (Phi) is 3.18. The normalized spacial score (nSPS) is 9.23. The van der Waals surface area contributed by atoms with Gasteiger partial charge in [0.15, 0.2) is 0 Å². The summed E-state index contributed by atoms with van der Waals surface area (Å²) in [6.07, 6.45) is 1.58. The van der Waals surface area contributed by atoms with Gasteiger partial charge in [-0.05, 0) is 24.3 Å². The summed E-state index contributed by atoms with van der Waals surface area (Å²) >= 11 is 0. The quantitative estimate of drug-likeness (QED) is 0.430. The van der Waals surface area contributed by atoms with E-state index in [1.165, 1.54) is 0 Å². The fourth-order valence-electron chi connectivity index (χ4n) is 1.12. The molecule has 0 saturated heterocycles. The van der Waals surface area contributed by atoms with E-state index in [-0.39, 0.29) is 20.3 Å². The van der Waals surface area contributed by atoms with Crippen LogP contribution >= 0.6 is 0 Å². The van der Waals surface area contributed by atoms with Gasteiger partial charge in [0, 0.05) is 0 Å². The summed E-state index contributed by atoms with van der Waals surface area (Å²) in [6, 6.07) is 7.04. The van der Waals surface area contributed by atoms with E-state index in [0.717, 1.165) is 5.56 Å². The van der Waals surface area contributed by atoms with Crippen molar-refractivity contribution in [2.24, 2.45) is 0 Å². The van der Waals surface area contributed by atoms with Crippen LogP contribution in [0.2, 0.25) is 0 Å². The molecule has 0 bridgehead atoms. The van der Waals surface area contributed by atoms with Crippen molar-refractivity contribution in [1.29, 1.82) is 0 Å². The average molecular weight is 170 g/mol. The second-order valence-electron chi connectivity index (χ2n) is 2.30. The molecule has 2 rings (SSSR count). The monoisotopic (exact) mass is 170 g/mol. The van der Waals surface area contributed by atoms with Crippen LogP contribution in [0.3, 0.4) is 0 Å². The van der Waals surface area contributed by atoms with Gasteiger partial charge >= 0.3 is 18.9 Å². The van der Waals surface area contributed by atoms with Gasteiger partial charge < -0.3 is 10.6 Å². The van der Waals surface area contributed by atoms with E-state index in [2.05, 4.69) is 0 Å². The molecule has 2 aliphatic rings. The van der Waals surface area contributed by atoms with E-state index in [4.69, 9.17) is 9.15 Å². The van der Waals surface area contributed by atoms with Crippen molar-refractivity contribution in [2.45, 2.75) is 0 Å². The third-order valence-electron chi connectivity index (χ3n) is 1.63. The number of ether oxygens (including phenoxy) is 1. The summed E-state index contributed by atoms with van der Waals surface area (Å²) in [6.45, 7) is 0.405. The van der Waals surface area contributed by atoms with Crippen molar-refractivity contribution in [2.75, 3.05) is 0 Å². The third kappa shape index (κ3) is 1.77. The molecule has 0 aromatic carbocycles. The van der Waals surface area contributed by atoms with Gasteiger partial charge in [0.1, 0.15) is 11.5 Å². The number of carbonyl (C=O) groups is 1. The minimum Gasteiger partial charge on any atom is -1.00 e. The molecule has 13 heavy (non-hydrogen) atoms. The largest absolute Gasteiger partial charge is 1.00 e. The number of hydrogen-bond acceptors (Lipinski definition) is 3. The van der Waals surface area contributed by atoms with Crippen LogP contribution in [0, 0.1) is 0 Å². The Morgan fingerprint density at radius 3 is 3.00 bits per heavy atom. The number of hydrogen-bond donors (Lipinski definition) is 0. The predicted octanol–water partition coefficient (Wildman–Crippen LogP) is -0.964. The molecule has 0 saturated carbocycles. The minimum atomic E-state index is 0. The molecule has 0 radical (unpaired) electrons. The molecule has 62 valence electrons. The van der Waals surface area contributed by atoms with Crippen molar-refractivity contribution < 1.29 is 34.2 Å². The molecule has 1 aliphatic heterocycles. The summed E-state index contributed by atoms with van der Waals surface area (Å²) in [4.78, 5) is 10.1. The first kappa shape index (κ1) is 9.91. The van der Waals surface area contributed by atoms with Gasteiger partial charge in [-0.25, -0.2) is 0 Å². The number of rotatable bonds is 2. The van der Waals surface area contributed by atoms with Crippen LogP contribution in [-0.2, 0) is 4.79 Å². The molecule has 3 nitrogen and oxygen atoms in total. The fraction of sp³-hybridized carbons (Fsp3) is 0. The topological polar surface area (TPSA) is 39.4 Å². The molecule has 1 aliphatic carbocycles. The first-order valence-electron chi connectivity index (χ1n) is 3.48. The Morgan fingerprint density at radius 1 is 1.38 bits per heavy atom. The predicted molar refractivity (Wildman–Crippen MR) is 43.1 cm³/mol. The summed E-state index contributed by atoms with van der Waals surface area (Å²) in [5.74, 6) is 1.25. The molecule has 0 aromatic rings. The van der Waals surface area contributed by atoms with Crippen molar-refractivity contribution in [3.63, 3.8) is 0 Å². The second kappa shape index (κ2) is 4.17. The van der Waals surface area contributed by atoms with Crippen molar-refractivity contribution in [3.05, 3.63) is 30.5 Å². The first-order chi connectivity index (χ1) is 5.92. The summed E-state index contributed by atoms with van der Waals surface area (Å²) in [5, 5.41) is 0. The van der Waals surface area contributed by atoms with Crippen LogP contribution in [0.15, 0.2) is 34.9 Å². The van der Waals surface area contributed by atoms with Gasteiger partial charge in [-0.15, -0.1) is 0 Å². The zero-order chi connectivity index (χ0) is 8.39. The average Bonchev–Trinajstić information content (AvgIpc) is 2.50. The van der Waals surface area contributed by atoms with Crippen molar-refractivity contribution in [3.8, 4) is 17.1 Å². The van der Waals surface area contributed by atoms with E-state index in [1.807, 2.05) is 6.07 Å². The fourth-order valence-corrected chi connectivity index (χ4v) is 1.12.